The van der Waals surface area contributed by atoms with E-state index in [0.29, 0.717) is 19.1 Å². The molecule has 0 aliphatic carbocycles. The maximum absolute atomic E-state index is 13.6. The van der Waals surface area contributed by atoms with E-state index in [0.717, 1.165) is 19.4 Å². The zero-order valence-electron chi connectivity index (χ0n) is 13.6. The van der Waals surface area contributed by atoms with Gasteiger partial charge in [-0.1, -0.05) is 19.1 Å². The number of rotatable bonds is 9. The molecule has 0 amide bonds. The first-order valence-electron chi connectivity index (χ1n) is 7.55. The number of halogens is 1. The summed E-state index contributed by atoms with van der Waals surface area (Å²) >= 11 is 0. The highest BCUT2D eigenvalue weighted by Gasteiger charge is 2.11. The highest BCUT2D eigenvalue weighted by molar-refractivity contribution is 5.79. The Morgan fingerprint density at radius 2 is 2.09 bits per heavy atom. The summed E-state index contributed by atoms with van der Waals surface area (Å²) in [5, 5.41) is 6.38. The van der Waals surface area contributed by atoms with Gasteiger partial charge in [0.2, 0.25) is 0 Å². The monoisotopic (exact) mass is 311 g/mol. The van der Waals surface area contributed by atoms with Crippen molar-refractivity contribution in [2.75, 3.05) is 33.9 Å². The number of benzene rings is 1. The Labute approximate surface area is 131 Å². The third-order valence-corrected chi connectivity index (χ3v) is 3.12. The number of para-hydroxylation sites is 1. The molecule has 0 saturated carbocycles. The van der Waals surface area contributed by atoms with Crippen LogP contribution in [0.2, 0.25) is 0 Å². The van der Waals surface area contributed by atoms with E-state index in [1.165, 1.54) is 6.07 Å². The second kappa shape index (κ2) is 10.8. The molecule has 0 bridgehead atoms. The highest BCUT2D eigenvalue weighted by Crippen LogP contribution is 2.17. The van der Waals surface area contributed by atoms with Gasteiger partial charge >= 0.3 is 0 Å². The third-order valence-electron chi connectivity index (χ3n) is 3.12. The van der Waals surface area contributed by atoms with Crippen molar-refractivity contribution in [3.63, 3.8) is 0 Å². The van der Waals surface area contributed by atoms with Gasteiger partial charge in [0.15, 0.2) is 17.5 Å². The molecular formula is C16H26FN3O2. The molecule has 5 nitrogen and oxygen atoms in total. The zero-order valence-corrected chi connectivity index (χ0v) is 13.6. The lowest BCUT2D eigenvalue weighted by molar-refractivity contribution is 0.190. The Kier molecular flexibility index (Phi) is 8.98. The Bertz CT molecular complexity index is 455. The minimum atomic E-state index is -0.344. The van der Waals surface area contributed by atoms with Crippen molar-refractivity contribution in [3.8, 4) is 5.75 Å². The molecule has 1 aromatic rings. The van der Waals surface area contributed by atoms with Gasteiger partial charge in [0.1, 0.15) is 6.10 Å². The van der Waals surface area contributed by atoms with E-state index in [1.54, 1.807) is 32.4 Å². The van der Waals surface area contributed by atoms with Crippen molar-refractivity contribution < 1.29 is 13.9 Å². The predicted molar refractivity (Wildman–Crippen MR) is 87.0 cm³/mol. The summed E-state index contributed by atoms with van der Waals surface area (Å²) in [6.45, 7) is 4.03. The van der Waals surface area contributed by atoms with E-state index in [4.69, 9.17) is 9.47 Å². The summed E-state index contributed by atoms with van der Waals surface area (Å²) in [7, 11) is 3.39. The van der Waals surface area contributed by atoms with Crippen LogP contribution in [0.25, 0.3) is 0 Å². The average molecular weight is 311 g/mol. The second-order valence-corrected chi connectivity index (χ2v) is 4.80. The maximum atomic E-state index is 13.6. The van der Waals surface area contributed by atoms with Gasteiger partial charge in [-0.3, -0.25) is 4.99 Å². The standard InChI is InChI=1S/C16H26FN3O2/c1-4-13(22-15-9-6-5-8-14(15)17)12-20-16(18-2)19-10-7-11-21-3/h5-6,8-9,13H,4,7,10-12H2,1-3H3,(H2,18,19,20). The molecule has 6 heteroatoms. The van der Waals surface area contributed by atoms with Crippen LogP contribution in [0.3, 0.4) is 0 Å². The number of hydrogen-bond acceptors (Lipinski definition) is 3. The summed E-state index contributed by atoms with van der Waals surface area (Å²) in [6.07, 6.45) is 1.54. The SMILES string of the molecule is CCC(CNC(=NC)NCCCOC)Oc1ccccc1F. The molecule has 0 saturated heterocycles. The largest absolute Gasteiger partial charge is 0.486 e. The van der Waals surface area contributed by atoms with Crippen molar-refractivity contribution in [3.05, 3.63) is 30.1 Å². The maximum Gasteiger partial charge on any atom is 0.191 e. The Morgan fingerprint density at radius 1 is 1.32 bits per heavy atom. The van der Waals surface area contributed by atoms with E-state index < -0.39 is 0 Å². The first kappa shape index (κ1) is 18.2. The molecule has 0 spiro atoms. The van der Waals surface area contributed by atoms with Crippen LogP contribution in [0.15, 0.2) is 29.3 Å². The molecule has 0 aliphatic rings. The van der Waals surface area contributed by atoms with Gasteiger partial charge in [-0.25, -0.2) is 4.39 Å². The van der Waals surface area contributed by atoms with Crippen LogP contribution in [0, 0.1) is 5.82 Å². The predicted octanol–water partition coefficient (Wildman–Crippen LogP) is 2.18. The summed E-state index contributed by atoms with van der Waals surface area (Å²) in [5.74, 6) is 0.633. The number of nitrogens with one attached hydrogen (secondary N) is 2. The van der Waals surface area contributed by atoms with Crippen LogP contribution in [0.4, 0.5) is 4.39 Å². The first-order valence-corrected chi connectivity index (χ1v) is 7.55. The van der Waals surface area contributed by atoms with Gasteiger partial charge in [0, 0.05) is 27.3 Å². The molecule has 0 aromatic heterocycles. The van der Waals surface area contributed by atoms with Crippen molar-refractivity contribution in [2.24, 2.45) is 4.99 Å². The molecule has 0 heterocycles. The minimum Gasteiger partial charge on any atom is -0.486 e. The van der Waals surface area contributed by atoms with Crippen LogP contribution in [0.5, 0.6) is 5.75 Å². The second-order valence-electron chi connectivity index (χ2n) is 4.80. The van der Waals surface area contributed by atoms with E-state index in [2.05, 4.69) is 15.6 Å². The number of aliphatic imine (C=N–C) groups is 1. The van der Waals surface area contributed by atoms with Crippen LogP contribution in [0.1, 0.15) is 19.8 Å². The quantitative estimate of drug-likeness (QED) is 0.417. The molecule has 2 N–H and O–H groups in total. The van der Waals surface area contributed by atoms with E-state index >= 15 is 0 Å². The average Bonchev–Trinajstić information content (AvgIpc) is 2.54. The Morgan fingerprint density at radius 3 is 2.73 bits per heavy atom. The van der Waals surface area contributed by atoms with Crippen molar-refractivity contribution in [1.82, 2.24) is 10.6 Å². The number of methoxy groups -OCH3 is 1. The van der Waals surface area contributed by atoms with E-state index in [1.807, 2.05) is 6.92 Å². The van der Waals surface area contributed by atoms with Crippen LogP contribution in [-0.4, -0.2) is 45.9 Å². The fraction of sp³-hybridized carbons (Fsp3) is 0.562. The summed E-state index contributed by atoms with van der Waals surface area (Å²) < 4.78 is 24.3. The summed E-state index contributed by atoms with van der Waals surface area (Å²) in [5.41, 5.74) is 0. The fourth-order valence-electron chi connectivity index (χ4n) is 1.84. The lowest BCUT2D eigenvalue weighted by atomic mass is 10.2. The molecule has 1 rings (SSSR count). The third kappa shape index (κ3) is 6.76. The molecule has 0 fully saturated rings. The molecule has 1 atom stereocenters. The van der Waals surface area contributed by atoms with Crippen LogP contribution in [-0.2, 0) is 4.74 Å². The summed E-state index contributed by atoms with van der Waals surface area (Å²) in [6, 6.07) is 6.43. The number of guanidine groups is 1. The van der Waals surface area contributed by atoms with Gasteiger partial charge in [-0.2, -0.15) is 0 Å². The van der Waals surface area contributed by atoms with Gasteiger partial charge in [-0.05, 0) is 25.0 Å². The lowest BCUT2D eigenvalue weighted by Crippen LogP contribution is -2.42. The van der Waals surface area contributed by atoms with Crippen molar-refractivity contribution in [1.29, 1.82) is 0 Å². The minimum absolute atomic E-state index is 0.130. The van der Waals surface area contributed by atoms with Crippen molar-refractivity contribution in [2.45, 2.75) is 25.9 Å². The molecular weight excluding hydrogens is 285 g/mol. The van der Waals surface area contributed by atoms with Crippen LogP contribution < -0.4 is 15.4 Å². The van der Waals surface area contributed by atoms with Gasteiger partial charge < -0.3 is 20.1 Å². The van der Waals surface area contributed by atoms with Gasteiger partial charge in [-0.15, -0.1) is 0 Å². The van der Waals surface area contributed by atoms with Gasteiger partial charge in [0.05, 0.1) is 6.54 Å². The number of ether oxygens (including phenoxy) is 2. The topological polar surface area (TPSA) is 54.9 Å². The lowest BCUT2D eigenvalue weighted by Gasteiger charge is -2.20. The number of nitrogens with zero attached hydrogens (tertiary/aromatic N) is 1. The molecule has 22 heavy (non-hydrogen) atoms. The Hall–Kier alpha value is -1.82. The smallest absolute Gasteiger partial charge is 0.191 e. The molecule has 1 aromatic carbocycles. The number of hydrogen-bond donors (Lipinski definition) is 2. The van der Waals surface area contributed by atoms with E-state index in [9.17, 15) is 4.39 Å². The molecule has 0 radical (unpaired) electrons. The molecule has 1 unspecified atom stereocenters. The van der Waals surface area contributed by atoms with Gasteiger partial charge in [0.25, 0.3) is 0 Å². The fourth-order valence-corrected chi connectivity index (χ4v) is 1.84. The highest BCUT2D eigenvalue weighted by atomic mass is 19.1. The van der Waals surface area contributed by atoms with Crippen molar-refractivity contribution >= 4 is 5.96 Å². The summed E-state index contributed by atoms with van der Waals surface area (Å²) in [4.78, 5) is 4.14. The molecule has 0 aliphatic heterocycles. The molecule has 124 valence electrons. The normalized spacial score (nSPS) is 12.8. The van der Waals surface area contributed by atoms with Crippen LogP contribution >= 0.6 is 0 Å². The Balaban J connectivity index is 2.40. The van der Waals surface area contributed by atoms with E-state index in [-0.39, 0.29) is 17.7 Å². The first-order chi connectivity index (χ1) is 10.7. The zero-order chi connectivity index (χ0) is 16.2.